The summed E-state index contributed by atoms with van der Waals surface area (Å²) in [6.45, 7) is 2.00. The summed E-state index contributed by atoms with van der Waals surface area (Å²) in [5.41, 5.74) is 5.61. The van der Waals surface area contributed by atoms with Crippen LogP contribution in [0.3, 0.4) is 0 Å². The third-order valence-corrected chi connectivity index (χ3v) is 2.72. The van der Waals surface area contributed by atoms with Crippen LogP contribution in [0.1, 0.15) is 12.8 Å². The molecule has 2 rings (SSSR count). The summed E-state index contributed by atoms with van der Waals surface area (Å²) >= 11 is 0. The SMILES string of the molecule is Nc1ccnc(N2CCCC(CO)C2)n1. The third-order valence-electron chi connectivity index (χ3n) is 2.72. The first-order valence-electron chi connectivity index (χ1n) is 5.24. The summed E-state index contributed by atoms with van der Waals surface area (Å²) in [5, 5.41) is 9.12. The normalized spacial score (nSPS) is 21.7. The Kier molecular flexibility index (Phi) is 3.01. The monoisotopic (exact) mass is 208 g/mol. The van der Waals surface area contributed by atoms with Gasteiger partial charge in [0.05, 0.1) is 0 Å². The van der Waals surface area contributed by atoms with Crippen molar-refractivity contribution in [1.82, 2.24) is 9.97 Å². The van der Waals surface area contributed by atoms with E-state index < -0.39 is 0 Å². The number of hydrogen-bond donors (Lipinski definition) is 2. The minimum atomic E-state index is 0.235. The second kappa shape index (κ2) is 4.44. The highest BCUT2D eigenvalue weighted by Crippen LogP contribution is 2.19. The van der Waals surface area contributed by atoms with Crippen LogP contribution in [0.2, 0.25) is 0 Å². The van der Waals surface area contributed by atoms with Gasteiger partial charge in [-0.3, -0.25) is 0 Å². The van der Waals surface area contributed by atoms with Gasteiger partial charge in [0.15, 0.2) is 0 Å². The summed E-state index contributed by atoms with van der Waals surface area (Å²) in [7, 11) is 0. The summed E-state index contributed by atoms with van der Waals surface area (Å²) < 4.78 is 0. The quantitative estimate of drug-likeness (QED) is 0.729. The molecule has 15 heavy (non-hydrogen) atoms. The van der Waals surface area contributed by atoms with Crippen molar-refractivity contribution in [2.24, 2.45) is 5.92 Å². The fourth-order valence-corrected chi connectivity index (χ4v) is 1.91. The number of anilines is 2. The number of nitrogen functional groups attached to an aromatic ring is 1. The van der Waals surface area contributed by atoms with Gasteiger partial charge in [0.1, 0.15) is 5.82 Å². The molecule has 1 aromatic heterocycles. The zero-order valence-corrected chi connectivity index (χ0v) is 8.63. The van der Waals surface area contributed by atoms with Crippen molar-refractivity contribution < 1.29 is 5.11 Å². The lowest BCUT2D eigenvalue weighted by molar-refractivity contribution is 0.208. The number of rotatable bonds is 2. The Morgan fingerprint density at radius 1 is 1.60 bits per heavy atom. The van der Waals surface area contributed by atoms with Crippen molar-refractivity contribution >= 4 is 11.8 Å². The minimum Gasteiger partial charge on any atom is -0.396 e. The van der Waals surface area contributed by atoms with Crippen molar-refractivity contribution in [3.8, 4) is 0 Å². The second-order valence-corrected chi connectivity index (χ2v) is 3.92. The van der Waals surface area contributed by atoms with E-state index in [1.807, 2.05) is 0 Å². The van der Waals surface area contributed by atoms with Gasteiger partial charge in [0.2, 0.25) is 5.95 Å². The molecule has 1 atom stereocenters. The number of nitrogens with zero attached hydrogens (tertiary/aromatic N) is 3. The standard InChI is InChI=1S/C10H16N4O/c11-9-3-4-12-10(13-9)14-5-1-2-8(6-14)7-15/h3-4,8,15H,1-2,5-7H2,(H2,11,12,13). The maximum atomic E-state index is 9.12. The maximum absolute atomic E-state index is 9.12. The first kappa shape index (κ1) is 10.2. The Hall–Kier alpha value is -1.36. The van der Waals surface area contributed by atoms with E-state index in [0.717, 1.165) is 25.9 Å². The molecule has 1 saturated heterocycles. The second-order valence-electron chi connectivity index (χ2n) is 3.92. The number of aromatic nitrogens is 2. The van der Waals surface area contributed by atoms with Gasteiger partial charge < -0.3 is 15.7 Å². The topological polar surface area (TPSA) is 75.3 Å². The van der Waals surface area contributed by atoms with E-state index in [4.69, 9.17) is 10.8 Å². The predicted molar refractivity (Wildman–Crippen MR) is 58.5 cm³/mol. The summed E-state index contributed by atoms with van der Waals surface area (Å²) in [6, 6.07) is 1.68. The molecule has 0 amide bonds. The van der Waals surface area contributed by atoms with E-state index in [1.54, 1.807) is 12.3 Å². The van der Waals surface area contributed by atoms with E-state index in [-0.39, 0.29) is 6.61 Å². The van der Waals surface area contributed by atoms with Crippen molar-refractivity contribution in [3.63, 3.8) is 0 Å². The van der Waals surface area contributed by atoms with Crippen molar-refractivity contribution in [3.05, 3.63) is 12.3 Å². The van der Waals surface area contributed by atoms with Gasteiger partial charge in [0, 0.05) is 25.9 Å². The fraction of sp³-hybridized carbons (Fsp3) is 0.600. The molecule has 1 fully saturated rings. The summed E-state index contributed by atoms with van der Waals surface area (Å²) in [4.78, 5) is 10.4. The van der Waals surface area contributed by atoms with Crippen LogP contribution in [0.5, 0.6) is 0 Å². The summed E-state index contributed by atoms with van der Waals surface area (Å²) in [5.74, 6) is 1.50. The Morgan fingerprint density at radius 2 is 2.47 bits per heavy atom. The first-order valence-corrected chi connectivity index (χ1v) is 5.24. The molecule has 0 spiro atoms. The highest BCUT2D eigenvalue weighted by atomic mass is 16.3. The van der Waals surface area contributed by atoms with Gasteiger partial charge >= 0.3 is 0 Å². The van der Waals surface area contributed by atoms with Gasteiger partial charge in [-0.25, -0.2) is 4.98 Å². The van der Waals surface area contributed by atoms with Crippen LogP contribution in [-0.2, 0) is 0 Å². The van der Waals surface area contributed by atoms with Gasteiger partial charge in [-0.15, -0.1) is 0 Å². The molecule has 2 heterocycles. The molecule has 5 nitrogen and oxygen atoms in total. The van der Waals surface area contributed by atoms with E-state index in [0.29, 0.717) is 17.7 Å². The zero-order chi connectivity index (χ0) is 10.7. The Labute approximate surface area is 88.9 Å². The molecule has 3 N–H and O–H groups in total. The number of hydrogen-bond acceptors (Lipinski definition) is 5. The predicted octanol–water partition coefficient (Wildman–Crippen LogP) is 0.267. The smallest absolute Gasteiger partial charge is 0.227 e. The molecule has 0 saturated carbocycles. The fourth-order valence-electron chi connectivity index (χ4n) is 1.91. The molecule has 0 radical (unpaired) electrons. The first-order chi connectivity index (χ1) is 7.29. The number of aliphatic hydroxyl groups is 1. The average Bonchev–Trinajstić information content (AvgIpc) is 2.29. The third kappa shape index (κ3) is 2.36. The summed E-state index contributed by atoms with van der Waals surface area (Å²) in [6.07, 6.45) is 3.82. The van der Waals surface area contributed by atoms with Gasteiger partial charge in [-0.2, -0.15) is 4.98 Å². The van der Waals surface area contributed by atoms with Crippen LogP contribution in [0.25, 0.3) is 0 Å². The van der Waals surface area contributed by atoms with Crippen LogP contribution in [0.4, 0.5) is 11.8 Å². The molecule has 82 valence electrons. The lowest BCUT2D eigenvalue weighted by Crippen LogP contribution is -2.37. The van der Waals surface area contributed by atoms with Crippen LogP contribution in [-0.4, -0.2) is 34.8 Å². The number of nitrogens with two attached hydrogens (primary N) is 1. The van der Waals surface area contributed by atoms with Gasteiger partial charge in [-0.05, 0) is 24.8 Å². The van der Waals surface area contributed by atoms with E-state index >= 15 is 0 Å². The Morgan fingerprint density at radius 3 is 3.20 bits per heavy atom. The van der Waals surface area contributed by atoms with Crippen LogP contribution in [0.15, 0.2) is 12.3 Å². The average molecular weight is 208 g/mol. The molecule has 0 aliphatic carbocycles. The van der Waals surface area contributed by atoms with Gasteiger partial charge in [-0.1, -0.05) is 0 Å². The van der Waals surface area contributed by atoms with Crippen molar-refractivity contribution in [1.29, 1.82) is 0 Å². The Bertz CT molecular complexity index is 331. The number of aliphatic hydroxyl groups excluding tert-OH is 1. The highest BCUT2D eigenvalue weighted by molar-refractivity contribution is 5.38. The molecule has 0 bridgehead atoms. The van der Waals surface area contributed by atoms with E-state index in [1.165, 1.54) is 0 Å². The molecule has 0 aromatic carbocycles. The highest BCUT2D eigenvalue weighted by Gasteiger charge is 2.20. The van der Waals surface area contributed by atoms with E-state index in [2.05, 4.69) is 14.9 Å². The molecule has 1 aliphatic heterocycles. The molecule has 1 aromatic rings. The lowest BCUT2D eigenvalue weighted by Gasteiger charge is -2.31. The van der Waals surface area contributed by atoms with Gasteiger partial charge in [0.25, 0.3) is 0 Å². The zero-order valence-electron chi connectivity index (χ0n) is 8.63. The lowest BCUT2D eigenvalue weighted by atomic mass is 9.99. The van der Waals surface area contributed by atoms with Crippen molar-refractivity contribution in [2.45, 2.75) is 12.8 Å². The molecule has 1 aliphatic rings. The Balaban J connectivity index is 2.09. The number of piperidine rings is 1. The molecule has 5 heteroatoms. The molecular weight excluding hydrogens is 192 g/mol. The van der Waals surface area contributed by atoms with Crippen molar-refractivity contribution in [2.75, 3.05) is 30.3 Å². The molecular formula is C10H16N4O. The molecule has 1 unspecified atom stereocenters. The van der Waals surface area contributed by atoms with Crippen LogP contribution in [0, 0.1) is 5.92 Å². The van der Waals surface area contributed by atoms with Crippen LogP contribution < -0.4 is 10.6 Å². The largest absolute Gasteiger partial charge is 0.396 e. The van der Waals surface area contributed by atoms with Crippen LogP contribution >= 0.6 is 0 Å². The van der Waals surface area contributed by atoms with E-state index in [9.17, 15) is 0 Å². The minimum absolute atomic E-state index is 0.235. The maximum Gasteiger partial charge on any atom is 0.227 e.